The molecule has 1 amide bonds. The summed E-state index contributed by atoms with van der Waals surface area (Å²) in [5.41, 5.74) is 0.691. The first-order valence-corrected chi connectivity index (χ1v) is 7.49. The number of methoxy groups -OCH3 is 1. The zero-order chi connectivity index (χ0) is 17.3. The van der Waals surface area contributed by atoms with Crippen LogP contribution in [0.3, 0.4) is 0 Å². The molecule has 0 radical (unpaired) electrons. The van der Waals surface area contributed by atoms with E-state index in [0.29, 0.717) is 18.8 Å². The maximum Gasteiger partial charge on any atom is 0.303 e. The van der Waals surface area contributed by atoms with Crippen LogP contribution in [0.4, 0.5) is 0 Å². The number of aryl methyl sites for hydroxylation is 1. The molecule has 2 atom stereocenters. The van der Waals surface area contributed by atoms with Gasteiger partial charge in [0.1, 0.15) is 0 Å². The van der Waals surface area contributed by atoms with Crippen LogP contribution in [0.1, 0.15) is 28.6 Å². The topological polar surface area (TPSA) is 111 Å². The summed E-state index contributed by atoms with van der Waals surface area (Å²) in [5, 5.41) is 17.1. The van der Waals surface area contributed by atoms with Gasteiger partial charge in [-0.05, 0) is 12.0 Å². The highest BCUT2D eigenvalue weighted by Gasteiger charge is 2.39. The molecular formula is C15H18N4O5. The minimum absolute atomic E-state index is 0.0352. The van der Waals surface area contributed by atoms with Gasteiger partial charge in [-0.1, -0.05) is 5.21 Å². The smallest absolute Gasteiger partial charge is 0.303 e. The van der Waals surface area contributed by atoms with Crippen molar-refractivity contribution in [2.24, 2.45) is 13.0 Å². The number of hydrogen-bond donors (Lipinski definition) is 1. The number of carbonyl (C=O) groups excluding carboxylic acids is 1. The Kier molecular flexibility index (Phi) is 4.24. The molecule has 1 fully saturated rings. The molecule has 0 unspecified atom stereocenters. The molecule has 0 saturated carbocycles. The molecule has 9 nitrogen and oxygen atoms in total. The van der Waals surface area contributed by atoms with Gasteiger partial charge in [0.05, 0.1) is 19.2 Å². The minimum Gasteiger partial charge on any atom is -0.481 e. The first-order chi connectivity index (χ1) is 11.5. The van der Waals surface area contributed by atoms with Crippen molar-refractivity contribution in [1.29, 1.82) is 0 Å². The fourth-order valence-corrected chi connectivity index (χ4v) is 3.04. The van der Waals surface area contributed by atoms with Gasteiger partial charge >= 0.3 is 5.97 Å². The van der Waals surface area contributed by atoms with Crippen LogP contribution < -0.4 is 4.74 Å². The number of rotatable bonds is 5. The number of likely N-dealkylation sites (tertiary alicyclic amines) is 1. The standard InChI is InChI=1S/C15H18N4O5/c1-18-8-11(16-17-18)10-7-19(6-9(10)5-13(20)21)15(22)12-3-4-14(23-2)24-12/h3-4,8-10H,5-7H2,1-2H3,(H,20,21)/t9-,10+/m0/s1. The monoisotopic (exact) mass is 334 g/mol. The van der Waals surface area contributed by atoms with E-state index in [2.05, 4.69) is 10.3 Å². The highest BCUT2D eigenvalue weighted by molar-refractivity contribution is 5.92. The molecule has 1 aliphatic heterocycles. The quantitative estimate of drug-likeness (QED) is 0.858. The van der Waals surface area contributed by atoms with E-state index in [1.54, 1.807) is 35.0 Å². The SMILES string of the molecule is COc1ccc(C(=O)N2C[C@H](CC(=O)O)[C@H](c3cn(C)nn3)C2)o1. The number of ether oxygens (including phenoxy) is 1. The van der Waals surface area contributed by atoms with Crippen molar-refractivity contribution >= 4 is 11.9 Å². The number of aromatic nitrogens is 3. The second-order valence-electron chi connectivity index (χ2n) is 5.81. The zero-order valence-electron chi connectivity index (χ0n) is 13.4. The molecule has 9 heteroatoms. The van der Waals surface area contributed by atoms with Crippen molar-refractivity contribution in [2.45, 2.75) is 12.3 Å². The number of furan rings is 1. The third-order valence-electron chi connectivity index (χ3n) is 4.16. The summed E-state index contributed by atoms with van der Waals surface area (Å²) in [5.74, 6) is -1.16. The lowest BCUT2D eigenvalue weighted by Gasteiger charge is -2.14. The van der Waals surface area contributed by atoms with Crippen LogP contribution in [-0.2, 0) is 11.8 Å². The number of aliphatic carboxylic acids is 1. The molecule has 24 heavy (non-hydrogen) atoms. The molecule has 0 aliphatic carbocycles. The van der Waals surface area contributed by atoms with E-state index in [1.807, 2.05) is 0 Å². The van der Waals surface area contributed by atoms with Crippen LogP contribution in [0.5, 0.6) is 5.95 Å². The number of carboxylic acid groups (broad SMARTS) is 1. The summed E-state index contributed by atoms with van der Waals surface area (Å²) < 4.78 is 11.8. The van der Waals surface area contributed by atoms with Gasteiger partial charge in [0, 0.05) is 38.3 Å². The van der Waals surface area contributed by atoms with Gasteiger partial charge in [-0.15, -0.1) is 5.10 Å². The van der Waals surface area contributed by atoms with E-state index in [-0.39, 0.29) is 35.9 Å². The molecule has 3 heterocycles. The Morgan fingerprint density at radius 1 is 1.42 bits per heavy atom. The summed E-state index contributed by atoms with van der Waals surface area (Å²) in [6.07, 6.45) is 1.72. The van der Waals surface area contributed by atoms with Crippen molar-refractivity contribution in [2.75, 3.05) is 20.2 Å². The van der Waals surface area contributed by atoms with Crippen LogP contribution in [-0.4, -0.2) is 57.1 Å². The van der Waals surface area contributed by atoms with Crippen molar-refractivity contribution < 1.29 is 23.8 Å². The van der Waals surface area contributed by atoms with E-state index < -0.39 is 5.97 Å². The second kappa shape index (κ2) is 6.34. The summed E-state index contributed by atoms with van der Waals surface area (Å²) in [7, 11) is 3.20. The average Bonchev–Trinajstić information content (AvgIpc) is 3.25. The summed E-state index contributed by atoms with van der Waals surface area (Å²) in [4.78, 5) is 25.3. The number of nitrogens with zero attached hydrogens (tertiary/aromatic N) is 4. The lowest BCUT2D eigenvalue weighted by atomic mass is 9.91. The molecular weight excluding hydrogens is 316 g/mol. The van der Waals surface area contributed by atoms with Gasteiger partial charge in [0.2, 0.25) is 0 Å². The summed E-state index contributed by atoms with van der Waals surface area (Å²) in [6.45, 7) is 0.702. The number of carbonyl (C=O) groups is 2. The normalized spacial score (nSPS) is 20.3. The van der Waals surface area contributed by atoms with Gasteiger partial charge in [-0.2, -0.15) is 0 Å². The first-order valence-electron chi connectivity index (χ1n) is 7.49. The molecule has 2 aromatic heterocycles. The molecule has 1 N–H and O–H groups in total. The largest absolute Gasteiger partial charge is 0.481 e. The van der Waals surface area contributed by atoms with Gasteiger partial charge in [-0.3, -0.25) is 14.3 Å². The first kappa shape index (κ1) is 16.0. The Morgan fingerprint density at radius 2 is 2.21 bits per heavy atom. The van der Waals surface area contributed by atoms with Crippen LogP contribution in [0.15, 0.2) is 22.7 Å². The number of carboxylic acids is 1. The Morgan fingerprint density at radius 3 is 2.79 bits per heavy atom. The lowest BCUT2D eigenvalue weighted by Crippen LogP contribution is -2.28. The molecule has 0 spiro atoms. The van der Waals surface area contributed by atoms with Crippen molar-refractivity contribution in [1.82, 2.24) is 19.9 Å². The van der Waals surface area contributed by atoms with Crippen LogP contribution in [0, 0.1) is 5.92 Å². The molecule has 1 saturated heterocycles. The minimum atomic E-state index is -0.900. The van der Waals surface area contributed by atoms with Crippen LogP contribution in [0.2, 0.25) is 0 Å². The average molecular weight is 334 g/mol. The maximum atomic E-state index is 12.6. The van der Waals surface area contributed by atoms with Gasteiger partial charge in [0.25, 0.3) is 11.9 Å². The third-order valence-corrected chi connectivity index (χ3v) is 4.16. The highest BCUT2D eigenvalue weighted by Crippen LogP contribution is 2.34. The second-order valence-corrected chi connectivity index (χ2v) is 5.81. The number of hydrogen-bond acceptors (Lipinski definition) is 6. The molecule has 0 aromatic carbocycles. The number of amides is 1. The molecule has 0 bridgehead atoms. The Labute approximate surface area is 137 Å². The van der Waals surface area contributed by atoms with E-state index in [4.69, 9.17) is 14.3 Å². The lowest BCUT2D eigenvalue weighted by molar-refractivity contribution is -0.138. The maximum absolute atomic E-state index is 12.6. The predicted octanol–water partition coefficient (Wildman–Crippen LogP) is 0.747. The van der Waals surface area contributed by atoms with Crippen molar-refractivity contribution in [3.63, 3.8) is 0 Å². The van der Waals surface area contributed by atoms with E-state index in [0.717, 1.165) is 0 Å². The third kappa shape index (κ3) is 3.10. The van der Waals surface area contributed by atoms with E-state index in [1.165, 1.54) is 7.11 Å². The molecule has 2 aromatic rings. The van der Waals surface area contributed by atoms with Gasteiger partial charge in [0.15, 0.2) is 5.76 Å². The van der Waals surface area contributed by atoms with Crippen LogP contribution in [0.25, 0.3) is 0 Å². The summed E-state index contributed by atoms with van der Waals surface area (Å²) >= 11 is 0. The Hall–Kier alpha value is -2.84. The highest BCUT2D eigenvalue weighted by atomic mass is 16.6. The molecule has 3 rings (SSSR count). The Balaban J connectivity index is 1.80. The van der Waals surface area contributed by atoms with Gasteiger partial charge < -0.3 is 19.2 Å². The van der Waals surface area contributed by atoms with E-state index in [9.17, 15) is 9.59 Å². The van der Waals surface area contributed by atoms with Crippen molar-refractivity contribution in [3.05, 3.63) is 29.8 Å². The van der Waals surface area contributed by atoms with Crippen LogP contribution >= 0.6 is 0 Å². The van der Waals surface area contributed by atoms with Gasteiger partial charge in [-0.25, -0.2) is 0 Å². The fourth-order valence-electron chi connectivity index (χ4n) is 3.04. The predicted molar refractivity (Wildman–Crippen MR) is 80.7 cm³/mol. The van der Waals surface area contributed by atoms with E-state index >= 15 is 0 Å². The fraction of sp³-hybridized carbons (Fsp3) is 0.467. The molecule has 128 valence electrons. The van der Waals surface area contributed by atoms with Crippen molar-refractivity contribution in [3.8, 4) is 5.95 Å². The zero-order valence-corrected chi connectivity index (χ0v) is 13.4. The molecule has 1 aliphatic rings. The Bertz CT molecular complexity index is 753. The summed E-state index contributed by atoms with van der Waals surface area (Å²) in [6, 6.07) is 3.11.